The number of nitrogens with zero attached hydrogens (tertiary/aromatic N) is 4. The number of thiophene rings is 1. The van der Waals surface area contributed by atoms with Gasteiger partial charge in [-0.25, -0.2) is 0 Å². The highest BCUT2D eigenvalue weighted by molar-refractivity contribution is 7.12. The highest BCUT2D eigenvalue weighted by Crippen LogP contribution is 2.24. The minimum Gasteiger partial charge on any atom is -0.312 e. The summed E-state index contributed by atoms with van der Waals surface area (Å²) >= 11 is 1.17. The van der Waals surface area contributed by atoms with E-state index >= 15 is 0 Å². The molecule has 0 saturated heterocycles. The van der Waals surface area contributed by atoms with Gasteiger partial charge < -0.3 is 4.57 Å². The van der Waals surface area contributed by atoms with Crippen molar-refractivity contribution in [1.82, 2.24) is 4.57 Å². The van der Waals surface area contributed by atoms with Crippen LogP contribution in [0, 0.1) is 0 Å². The van der Waals surface area contributed by atoms with E-state index in [1.165, 1.54) is 18.3 Å². The maximum Gasteiger partial charge on any atom is 0.261 e. The second-order valence-electron chi connectivity index (χ2n) is 3.45. The van der Waals surface area contributed by atoms with Crippen LogP contribution in [0.5, 0.6) is 0 Å². The summed E-state index contributed by atoms with van der Waals surface area (Å²) in [6.45, 7) is 1.45. The molecule has 2 aromatic heterocycles. The molecular weight excluding hydrogens is 252 g/mol. The summed E-state index contributed by atoms with van der Waals surface area (Å²) < 4.78 is 1.61. The Kier molecular flexibility index (Phi) is 3.27. The molecule has 0 fully saturated rings. The fourth-order valence-electron chi connectivity index (χ4n) is 1.62. The lowest BCUT2D eigenvalue weighted by atomic mass is 10.3. The first-order valence-corrected chi connectivity index (χ1v) is 5.88. The Morgan fingerprint density at radius 3 is 2.89 bits per heavy atom. The van der Waals surface area contributed by atoms with Crippen LogP contribution >= 0.6 is 11.3 Å². The number of hydrogen-bond acceptors (Lipinski definition) is 3. The molecule has 90 valence electrons. The SMILES string of the molecule is CC(=O)c1cccn1-c1ccsc1C(=O)N=[N+]=[N-]. The van der Waals surface area contributed by atoms with Crippen molar-refractivity contribution < 1.29 is 9.59 Å². The number of carbonyl (C=O) groups excluding carboxylic acids is 2. The number of azide groups is 1. The van der Waals surface area contributed by atoms with Crippen molar-refractivity contribution in [3.05, 3.63) is 50.8 Å². The minimum atomic E-state index is -0.647. The van der Waals surface area contributed by atoms with Gasteiger partial charge in [-0.05, 0) is 34.2 Å². The first kappa shape index (κ1) is 12.1. The predicted molar refractivity (Wildman–Crippen MR) is 67.1 cm³/mol. The van der Waals surface area contributed by atoms with Crippen LogP contribution in [0.1, 0.15) is 27.1 Å². The quantitative estimate of drug-likeness (QED) is 0.367. The van der Waals surface area contributed by atoms with E-state index in [1.54, 1.807) is 34.3 Å². The van der Waals surface area contributed by atoms with E-state index in [0.717, 1.165) is 0 Å². The number of aromatic nitrogens is 1. The van der Waals surface area contributed by atoms with Gasteiger partial charge in [0.1, 0.15) is 4.88 Å². The van der Waals surface area contributed by atoms with E-state index in [4.69, 9.17) is 5.53 Å². The molecule has 0 aliphatic carbocycles. The van der Waals surface area contributed by atoms with Crippen LogP contribution in [0.15, 0.2) is 34.9 Å². The Hall–Kier alpha value is -2.37. The molecule has 2 rings (SSSR count). The molecule has 0 bridgehead atoms. The van der Waals surface area contributed by atoms with E-state index in [0.29, 0.717) is 16.3 Å². The highest BCUT2D eigenvalue weighted by Gasteiger charge is 2.16. The third-order valence-corrected chi connectivity index (χ3v) is 3.23. The summed E-state index contributed by atoms with van der Waals surface area (Å²) in [4.78, 5) is 25.8. The summed E-state index contributed by atoms with van der Waals surface area (Å²) in [5.41, 5.74) is 9.31. The molecule has 1 amide bonds. The van der Waals surface area contributed by atoms with Crippen molar-refractivity contribution in [3.8, 4) is 5.69 Å². The molecule has 6 nitrogen and oxygen atoms in total. The van der Waals surface area contributed by atoms with Gasteiger partial charge in [0, 0.05) is 18.0 Å². The van der Waals surface area contributed by atoms with Crippen molar-refractivity contribution in [3.63, 3.8) is 0 Å². The van der Waals surface area contributed by atoms with Gasteiger partial charge in [-0.15, -0.1) is 11.3 Å². The van der Waals surface area contributed by atoms with E-state index in [1.807, 2.05) is 0 Å². The van der Waals surface area contributed by atoms with E-state index in [2.05, 4.69) is 10.0 Å². The van der Waals surface area contributed by atoms with Gasteiger partial charge in [-0.3, -0.25) is 9.59 Å². The molecule has 18 heavy (non-hydrogen) atoms. The molecular formula is C11H8N4O2S. The fourth-order valence-corrected chi connectivity index (χ4v) is 2.38. The number of rotatable bonds is 3. The Morgan fingerprint density at radius 2 is 2.22 bits per heavy atom. The summed E-state index contributed by atoms with van der Waals surface area (Å²) in [6.07, 6.45) is 1.69. The average molecular weight is 260 g/mol. The zero-order valence-corrected chi connectivity index (χ0v) is 10.2. The molecule has 2 heterocycles. The molecule has 0 aliphatic rings. The summed E-state index contributed by atoms with van der Waals surface area (Å²) in [5, 5.41) is 4.77. The zero-order valence-electron chi connectivity index (χ0n) is 9.40. The third-order valence-electron chi connectivity index (χ3n) is 2.34. The molecule has 0 spiro atoms. The second kappa shape index (κ2) is 4.87. The lowest BCUT2D eigenvalue weighted by Gasteiger charge is -2.06. The number of Topliss-reactive ketones (excluding diaryl/α,β-unsaturated/α-hetero) is 1. The standard InChI is InChI=1S/C11H8N4O2S/c1-7(16)8-3-2-5-15(8)9-4-6-18-10(9)11(17)13-14-12/h2-6H,1H3. The van der Waals surface area contributed by atoms with Crippen LogP contribution in [0.3, 0.4) is 0 Å². The first-order valence-electron chi connectivity index (χ1n) is 5.00. The molecule has 0 aliphatic heterocycles. The lowest BCUT2D eigenvalue weighted by Crippen LogP contribution is -2.05. The van der Waals surface area contributed by atoms with Gasteiger partial charge in [0.2, 0.25) is 0 Å². The van der Waals surface area contributed by atoms with Crippen molar-refractivity contribution in [1.29, 1.82) is 0 Å². The summed E-state index contributed by atoms with van der Waals surface area (Å²) in [5.74, 6) is -0.751. The Labute approximate surface area is 106 Å². The maximum absolute atomic E-state index is 11.6. The highest BCUT2D eigenvalue weighted by atomic mass is 32.1. The monoisotopic (exact) mass is 260 g/mol. The first-order chi connectivity index (χ1) is 8.65. The summed E-state index contributed by atoms with van der Waals surface area (Å²) in [6, 6.07) is 5.09. The molecule has 0 N–H and O–H groups in total. The van der Waals surface area contributed by atoms with Crippen molar-refractivity contribution >= 4 is 23.0 Å². The topological polar surface area (TPSA) is 87.8 Å². The molecule has 0 radical (unpaired) electrons. The molecule has 7 heteroatoms. The summed E-state index contributed by atoms with van der Waals surface area (Å²) in [7, 11) is 0. The van der Waals surface area contributed by atoms with E-state index in [-0.39, 0.29) is 5.78 Å². The minimum absolute atomic E-state index is 0.103. The molecule has 0 unspecified atom stereocenters. The Balaban J connectivity index is 2.55. The maximum atomic E-state index is 11.6. The number of ketones is 1. The predicted octanol–water partition coefficient (Wildman–Crippen LogP) is 3.19. The van der Waals surface area contributed by atoms with Crippen LogP contribution in [0.2, 0.25) is 0 Å². The van der Waals surface area contributed by atoms with Gasteiger partial charge in [-0.1, -0.05) is 0 Å². The van der Waals surface area contributed by atoms with Gasteiger partial charge in [0.05, 0.1) is 11.4 Å². The molecule has 0 saturated carbocycles. The van der Waals surface area contributed by atoms with Crippen LogP contribution in [0.25, 0.3) is 16.1 Å². The molecule has 0 aromatic carbocycles. The number of hydrogen-bond donors (Lipinski definition) is 0. The van der Waals surface area contributed by atoms with E-state index in [9.17, 15) is 9.59 Å². The zero-order chi connectivity index (χ0) is 13.1. The molecule has 0 atom stereocenters. The van der Waals surface area contributed by atoms with Crippen LogP contribution in [-0.4, -0.2) is 16.3 Å². The smallest absolute Gasteiger partial charge is 0.261 e. The number of carbonyl (C=O) groups is 2. The average Bonchev–Trinajstić information content (AvgIpc) is 2.97. The normalized spacial score (nSPS) is 9.83. The molecule has 2 aromatic rings. The number of amides is 1. The fraction of sp³-hybridized carbons (Fsp3) is 0.0909. The van der Waals surface area contributed by atoms with Gasteiger partial charge >= 0.3 is 0 Å². The van der Waals surface area contributed by atoms with Gasteiger partial charge in [0.15, 0.2) is 5.78 Å². The van der Waals surface area contributed by atoms with Crippen molar-refractivity contribution in [2.24, 2.45) is 5.11 Å². The van der Waals surface area contributed by atoms with E-state index < -0.39 is 5.91 Å². The lowest BCUT2D eigenvalue weighted by molar-refractivity contribution is 0.0993. The van der Waals surface area contributed by atoms with Gasteiger partial charge in [-0.2, -0.15) is 0 Å². The van der Waals surface area contributed by atoms with Crippen molar-refractivity contribution in [2.45, 2.75) is 6.92 Å². The third kappa shape index (κ3) is 2.04. The Morgan fingerprint density at radius 1 is 1.44 bits per heavy atom. The second-order valence-corrected chi connectivity index (χ2v) is 4.37. The van der Waals surface area contributed by atoms with Gasteiger partial charge in [0.25, 0.3) is 5.91 Å². The van der Waals surface area contributed by atoms with Crippen LogP contribution < -0.4 is 0 Å². The largest absolute Gasteiger partial charge is 0.312 e. The van der Waals surface area contributed by atoms with Crippen molar-refractivity contribution in [2.75, 3.05) is 0 Å². The Bertz CT molecular complexity index is 664. The van der Waals surface area contributed by atoms with Crippen LogP contribution in [-0.2, 0) is 0 Å². The van der Waals surface area contributed by atoms with Crippen LogP contribution in [0.4, 0.5) is 0 Å².